The van der Waals surface area contributed by atoms with Crippen LogP contribution in [0.1, 0.15) is 28.7 Å². The van der Waals surface area contributed by atoms with Gasteiger partial charge in [-0.25, -0.2) is 0 Å². The van der Waals surface area contributed by atoms with Crippen LogP contribution in [0.4, 0.5) is 0 Å². The van der Waals surface area contributed by atoms with Crippen LogP contribution in [0.25, 0.3) is 10.9 Å². The Morgan fingerprint density at radius 3 is 2.83 bits per heavy atom. The summed E-state index contributed by atoms with van der Waals surface area (Å²) in [7, 11) is 0. The highest BCUT2D eigenvalue weighted by molar-refractivity contribution is 5.82. The van der Waals surface area contributed by atoms with Gasteiger partial charge in [-0.3, -0.25) is 9.78 Å². The number of carbonyl (C=O) groups excluding carboxylic acids is 1. The molecule has 4 heteroatoms. The van der Waals surface area contributed by atoms with Crippen molar-refractivity contribution in [2.45, 2.75) is 39.2 Å². The Labute approximate surface area is 172 Å². The van der Waals surface area contributed by atoms with Crippen molar-refractivity contribution in [2.75, 3.05) is 13.2 Å². The fraction of sp³-hybridized carbons (Fsp3) is 0.360. The molecule has 2 heterocycles. The summed E-state index contributed by atoms with van der Waals surface area (Å²) in [6.07, 6.45) is 4.02. The first kappa shape index (κ1) is 19.6. The summed E-state index contributed by atoms with van der Waals surface area (Å²) < 4.78 is 5.72. The van der Waals surface area contributed by atoms with Crippen molar-refractivity contribution in [1.82, 2.24) is 10.3 Å². The number of carbonyl (C=O) groups is 1. The van der Waals surface area contributed by atoms with Gasteiger partial charge < -0.3 is 10.1 Å². The predicted octanol–water partition coefficient (Wildman–Crippen LogP) is 4.16. The number of ether oxygens (including phenoxy) is 1. The van der Waals surface area contributed by atoms with Gasteiger partial charge in [0.2, 0.25) is 5.91 Å². The van der Waals surface area contributed by atoms with Gasteiger partial charge in [-0.15, -0.1) is 0 Å². The molecule has 0 radical (unpaired) electrons. The number of amides is 1. The third-order valence-corrected chi connectivity index (χ3v) is 5.89. The van der Waals surface area contributed by atoms with Crippen LogP contribution in [0.5, 0.6) is 0 Å². The smallest absolute Gasteiger partial charge is 0.220 e. The monoisotopic (exact) mass is 388 g/mol. The minimum absolute atomic E-state index is 0.0635. The van der Waals surface area contributed by atoms with Crippen LogP contribution in [0.15, 0.2) is 54.7 Å². The second-order valence-electron chi connectivity index (χ2n) is 8.09. The molecule has 0 spiro atoms. The van der Waals surface area contributed by atoms with Gasteiger partial charge in [0.25, 0.3) is 0 Å². The van der Waals surface area contributed by atoms with Gasteiger partial charge in [0, 0.05) is 23.9 Å². The summed E-state index contributed by atoms with van der Waals surface area (Å²) in [5.74, 6) is 0.385. The lowest BCUT2D eigenvalue weighted by atomic mass is 9.93. The second kappa shape index (κ2) is 8.75. The molecule has 4 rings (SSSR count). The maximum absolute atomic E-state index is 12.6. The third kappa shape index (κ3) is 4.65. The first-order chi connectivity index (χ1) is 14.1. The summed E-state index contributed by atoms with van der Waals surface area (Å²) in [4.78, 5) is 17.0. The highest BCUT2D eigenvalue weighted by Gasteiger charge is 2.30. The number of hydrogen-bond donors (Lipinski definition) is 1. The van der Waals surface area contributed by atoms with Crippen LogP contribution in [-0.4, -0.2) is 30.1 Å². The van der Waals surface area contributed by atoms with Crippen LogP contribution in [0.2, 0.25) is 0 Å². The van der Waals surface area contributed by atoms with Gasteiger partial charge in [0.05, 0.1) is 24.8 Å². The number of pyridine rings is 1. The van der Waals surface area contributed by atoms with Crippen molar-refractivity contribution in [3.63, 3.8) is 0 Å². The zero-order chi connectivity index (χ0) is 20.2. The highest BCUT2D eigenvalue weighted by atomic mass is 16.5. The molecule has 0 unspecified atom stereocenters. The van der Waals surface area contributed by atoms with Gasteiger partial charge in [-0.1, -0.05) is 42.0 Å². The van der Waals surface area contributed by atoms with Crippen molar-refractivity contribution in [3.05, 3.63) is 77.0 Å². The fourth-order valence-electron chi connectivity index (χ4n) is 4.23. The molecule has 0 saturated carbocycles. The maximum Gasteiger partial charge on any atom is 0.220 e. The number of fused-ring (bicyclic) bond motifs is 1. The van der Waals surface area contributed by atoms with Crippen LogP contribution in [0.3, 0.4) is 0 Å². The van der Waals surface area contributed by atoms with E-state index >= 15 is 0 Å². The van der Waals surface area contributed by atoms with Crippen LogP contribution < -0.4 is 5.32 Å². The number of nitrogens with one attached hydrogen (secondary N) is 1. The Morgan fingerprint density at radius 1 is 1.10 bits per heavy atom. The lowest BCUT2D eigenvalue weighted by molar-refractivity contribution is -0.122. The van der Waals surface area contributed by atoms with Crippen molar-refractivity contribution in [3.8, 4) is 0 Å². The third-order valence-electron chi connectivity index (χ3n) is 5.89. The largest absolute Gasteiger partial charge is 0.379 e. The maximum atomic E-state index is 12.6. The molecule has 1 fully saturated rings. The lowest BCUT2D eigenvalue weighted by Gasteiger charge is -2.20. The molecule has 3 aromatic rings. The van der Waals surface area contributed by atoms with E-state index in [1.807, 2.05) is 24.4 Å². The molecule has 1 amide bonds. The van der Waals surface area contributed by atoms with Gasteiger partial charge >= 0.3 is 0 Å². The first-order valence-electron chi connectivity index (χ1n) is 10.4. The van der Waals surface area contributed by atoms with Crippen LogP contribution >= 0.6 is 0 Å². The molecule has 1 aliphatic heterocycles. The van der Waals surface area contributed by atoms with E-state index < -0.39 is 0 Å². The average molecular weight is 389 g/mol. The second-order valence-corrected chi connectivity index (χ2v) is 8.09. The van der Waals surface area contributed by atoms with Gasteiger partial charge in [-0.2, -0.15) is 0 Å². The molecule has 0 bridgehead atoms. The Bertz CT molecular complexity index is 1010. The summed E-state index contributed by atoms with van der Waals surface area (Å²) in [5, 5.41) is 4.40. The SMILES string of the molecule is Cc1ccc(CCC(=O)N[C@@H]2COC[C@H]2Cc2ccnc3ccccc23)c(C)c1. The Balaban J connectivity index is 1.37. The molecule has 1 aliphatic rings. The lowest BCUT2D eigenvalue weighted by Crippen LogP contribution is -2.40. The molecule has 150 valence electrons. The number of rotatable bonds is 6. The van der Waals surface area contributed by atoms with Gasteiger partial charge in [0.15, 0.2) is 0 Å². The summed E-state index contributed by atoms with van der Waals surface area (Å²) in [5.41, 5.74) is 6.03. The number of para-hydroxylation sites is 1. The number of aryl methyl sites for hydroxylation is 3. The Kier molecular flexibility index (Phi) is 5.91. The minimum Gasteiger partial charge on any atom is -0.379 e. The predicted molar refractivity (Wildman–Crippen MR) is 116 cm³/mol. The van der Waals surface area contributed by atoms with E-state index in [4.69, 9.17) is 4.74 Å². The van der Waals surface area contributed by atoms with Gasteiger partial charge in [0.1, 0.15) is 0 Å². The van der Waals surface area contributed by atoms with Crippen molar-refractivity contribution in [1.29, 1.82) is 0 Å². The Hall–Kier alpha value is -2.72. The standard InChI is InChI=1S/C25H28N2O2/c1-17-7-8-19(18(2)13-17)9-10-25(28)27-24-16-29-15-21(24)14-20-11-12-26-23-6-4-3-5-22(20)23/h3-8,11-13,21,24H,9-10,14-16H2,1-2H3,(H,27,28)/t21-,24-/m1/s1. The number of hydrogen-bond acceptors (Lipinski definition) is 3. The van der Waals surface area contributed by atoms with Crippen molar-refractivity contribution >= 4 is 16.8 Å². The molecule has 4 nitrogen and oxygen atoms in total. The van der Waals surface area contributed by atoms with E-state index in [1.54, 1.807) is 0 Å². The zero-order valence-electron chi connectivity index (χ0n) is 17.2. The zero-order valence-corrected chi connectivity index (χ0v) is 17.2. The molecule has 1 saturated heterocycles. The molecular weight excluding hydrogens is 360 g/mol. The van der Waals surface area contributed by atoms with E-state index in [1.165, 1.54) is 27.6 Å². The van der Waals surface area contributed by atoms with E-state index in [0.717, 1.165) is 18.4 Å². The summed E-state index contributed by atoms with van der Waals surface area (Å²) in [6.45, 7) is 5.47. The van der Waals surface area contributed by atoms with Crippen LogP contribution in [0, 0.1) is 19.8 Å². The number of nitrogens with zero attached hydrogens (tertiary/aromatic N) is 1. The highest BCUT2D eigenvalue weighted by Crippen LogP contribution is 2.24. The fourth-order valence-corrected chi connectivity index (χ4v) is 4.23. The molecular formula is C25H28N2O2. The molecule has 1 N–H and O–H groups in total. The molecule has 29 heavy (non-hydrogen) atoms. The minimum atomic E-state index is 0.0635. The van der Waals surface area contributed by atoms with Crippen molar-refractivity contribution < 1.29 is 9.53 Å². The Morgan fingerprint density at radius 2 is 1.97 bits per heavy atom. The molecule has 2 atom stereocenters. The van der Waals surface area contributed by atoms with Crippen LogP contribution in [-0.2, 0) is 22.4 Å². The topological polar surface area (TPSA) is 51.2 Å². The normalized spacial score (nSPS) is 18.8. The molecule has 1 aromatic heterocycles. The van der Waals surface area contributed by atoms with E-state index in [9.17, 15) is 4.79 Å². The first-order valence-corrected chi connectivity index (χ1v) is 10.4. The van der Waals surface area contributed by atoms with Crippen molar-refractivity contribution in [2.24, 2.45) is 5.92 Å². The van der Waals surface area contributed by atoms with E-state index in [0.29, 0.717) is 19.6 Å². The van der Waals surface area contributed by atoms with E-state index in [2.05, 4.69) is 54.5 Å². The van der Waals surface area contributed by atoms with E-state index in [-0.39, 0.29) is 17.9 Å². The average Bonchev–Trinajstić information content (AvgIpc) is 3.14. The molecule has 0 aliphatic carbocycles. The number of benzene rings is 2. The molecule has 2 aromatic carbocycles. The summed E-state index contributed by atoms with van der Waals surface area (Å²) in [6, 6.07) is 16.8. The van der Waals surface area contributed by atoms with Gasteiger partial charge in [-0.05, 0) is 55.5 Å². The number of aromatic nitrogens is 1. The summed E-state index contributed by atoms with van der Waals surface area (Å²) >= 11 is 0. The quantitative estimate of drug-likeness (QED) is 0.690.